The largest absolute Gasteiger partial charge is 0.434 e. The van der Waals surface area contributed by atoms with Crippen molar-refractivity contribution < 1.29 is 19.1 Å². The number of carbonyl (C=O) groups excluding carboxylic acids is 2. The van der Waals surface area contributed by atoms with Gasteiger partial charge in [-0.05, 0) is 31.1 Å². The topological polar surface area (TPSA) is 105 Å². The first-order chi connectivity index (χ1) is 14.8. The molecule has 0 amide bonds. The lowest BCUT2D eigenvalue weighted by molar-refractivity contribution is -0.192. The third-order valence-electron chi connectivity index (χ3n) is 5.49. The summed E-state index contributed by atoms with van der Waals surface area (Å²) in [5.41, 5.74) is 8.94. The number of rotatable bonds is 16. The molecule has 0 saturated heterocycles. The minimum Gasteiger partial charge on any atom is -0.434 e. The molecule has 0 radical (unpaired) electrons. The lowest BCUT2D eigenvalue weighted by atomic mass is 9.95. The summed E-state index contributed by atoms with van der Waals surface area (Å²) in [5, 5.41) is 0.267. The predicted molar refractivity (Wildman–Crippen MR) is 125 cm³/mol. The van der Waals surface area contributed by atoms with Crippen molar-refractivity contribution in [3.63, 3.8) is 0 Å². The number of unbranched alkanes of at least 4 members (excludes halogenated alkanes) is 10. The van der Waals surface area contributed by atoms with E-state index in [1.165, 1.54) is 50.3 Å². The average Bonchev–Trinajstić information content (AvgIpc) is 2.70. The molecule has 0 fully saturated rings. The number of nitrogens with two attached hydrogens (primary N) is 2. The molecule has 178 valence electrons. The molecule has 1 rings (SSSR count). The normalized spacial score (nSPS) is 22.8. The standard InChI is InChI=1S/C24H41ClN2O4/c1-3-5-7-9-11-13-15-21(28)30-23(26)18-17-20(25)19-24(23,27)31-22(29)16-14-12-10-8-6-4-2/h17-19H,3-16,26-27H2,1-2H3. The minimum absolute atomic E-state index is 0.224. The van der Waals surface area contributed by atoms with Crippen LogP contribution in [0.15, 0.2) is 23.3 Å². The van der Waals surface area contributed by atoms with Crippen LogP contribution >= 0.6 is 11.6 Å². The first-order valence-corrected chi connectivity index (χ1v) is 12.2. The van der Waals surface area contributed by atoms with Crippen LogP contribution in [-0.4, -0.2) is 23.4 Å². The maximum atomic E-state index is 12.4. The van der Waals surface area contributed by atoms with Crippen molar-refractivity contribution >= 4 is 23.5 Å². The molecule has 0 spiro atoms. The highest BCUT2D eigenvalue weighted by atomic mass is 35.5. The maximum absolute atomic E-state index is 12.4. The number of ether oxygens (including phenoxy) is 2. The summed E-state index contributed by atoms with van der Waals surface area (Å²) in [4.78, 5) is 24.8. The van der Waals surface area contributed by atoms with Gasteiger partial charge in [0.25, 0.3) is 0 Å². The van der Waals surface area contributed by atoms with Gasteiger partial charge in [0, 0.05) is 17.9 Å². The van der Waals surface area contributed by atoms with Gasteiger partial charge in [0.15, 0.2) is 0 Å². The van der Waals surface area contributed by atoms with Crippen molar-refractivity contribution in [2.24, 2.45) is 11.5 Å². The van der Waals surface area contributed by atoms with Gasteiger partial charge in [-0.1, -0.05) is 89.7 Å². The van der Waals surface area contributed by atoms with Gasteiger partial charge in [-0.3, -0.25) is 21.1 Å². The monoisotopic (exact) mass is 456 g/mol. The second kappa shape index (κ2) is 14.6. The van der Waals surface area contributed by atoms with Crippen LogP contribution in [0.25, 0.3) is 0 Å². The molecule has 0 heterocycles. The Balaban J connectivity index is 2.57. The summed E-state index contributed by atoms with van der Waals surface area (Å²) in [6.07, 6.45) is 17.2. The Hall–Kier alpha value is -1.37. The summed E-state index contributed by atoms with van der Waals surface area (Å²) >= 11 is 6.07. The van der Waals surface area contributed by atoms with E-state index in [4.69, 9.17) is 32.5 Å². The second-order valence-corrected chi connectivity index (χ2v) is 8.87. The van der Waals surface area contributed by atoms with E-state index < -0.39 is 23.4 Å². The smallest absolute Gasteiger partial charge is 0.308 e. The zero-order chi connectivity index (χ0) is 23.2. The summed E-state index contributed by atoms with van der Waals surface area (Å²) < 4.78 is 11.0. The van der Waals surface area contributed by atoms with Crippen LogP contribution < -0.4 is 11.5 Å². The molecular weight excluding hydrogens is 416 g/mol. The predicted octanol–water partition coefficient (Wildman–Crippen LogP) is 5.58. The molecule has 2 unspecified atom stereocenters. The molecule has 31 heavy (non-hydrogen) atoms. The number of carbonyl (C=O) groups is 2. The second-order valence-electron chi connectivity index (χ2n) is 8.43. The number of hydrogen-bond acceptors (Lipinski definition) is 6. The van der Waals surface area contributed by atoms with E-state index in [9.17, 15) is 9.59 Å². The number of halogens is 1. The number of esters is 2. The highest BCUT2D eigenvalue weighted by molar-refractivity contribution is 6.31. The van der Waals surface area contributed by atoms with Gasteiger partial charge in [-0.25, -0.2) is 0 Å². The fourth-order valence-corrected chi connectivity index (χ4v) is 3.73. The Labute approximate surface area is 192 Å². The third-order valence-corrected chi connectivity index (χ3v) is 5.72. The molecular formula is C24H41ClN2O4. The van der Waals surface area contributed by atoms with E-state index in [1.807, 2.05) is 0 Å². The first-order valence-electron chi connectivity index (χ1n) is 11.9. The van der Waals surface area contributed by atoms with Crippen LogP contribution in [0.1, 0.15) is 104 Å². The van der Waals surface area contributed by atoms with Crippen LogP contribution in [-0.2, 0) is 19.1 Å². The average molecular weight is 457 g/mol. The molecule has 0 aromatic heterocycles. The van der Waals surface area contributed by atoms with Crippen molar-refractivity contribution in [1.82, 2.24) is 0 Å². The zero-order valence-corrected chi connectivity index (χ0v) is 20.1. The Morgan fingerprint density at radius 3 is 1.68 bits per heavy atom. The highest BCUT2D eigenvalue weighted by Gasteiger charge is 2.51. The third kappa shape index (κ3) is 10.2. The fraction of sp³-hybridized carbons (Fsp3) is 0.750. The number of allylic oxidation sites excluding steroid dienone is 2. The Morgan fingerprint density at radius 2 is 1.19 bits per heavy atom. The van der Waals surface area contributed by atoms with Crippen molar-refractivity contribution in [2.75, 3.05) is 0 Å². The Morgan fingerprint density at radius 1 is 0.774 bits per heavy atom. The molecule has 0 bridgehead atoms. The molecule has 1 aliphatic rings. The SMILES string of the molecule is CCCCCCCCC(=O)OC1(N)C=CC(Cl)=CC1(N)OC(=O)CCCCCCCC. The quantitative estimate of drug-likeness (QED) is 0.178. The molecule has 0 aromatic rings. The van der Waals surface area contributed by atoms with Crippen molar-refractivity contribution in [3.8, 4) is 0 Å². The first kappa shape index (κ1) is 27.7. The molecule has 6 nitrogen and oxygen atoms in total. The maximum Gasteiger partial charge on any atom is 0.308 e. The van der Waals surface area contributed by atoms with Gasteiger partial charge >= 0.3 is 11.9 Å². The fourth-order valence-electron chi connectivity index (χ4n) is 3.50. The van der Waals surface area contributed by atoms with Gasteiger partial charge in [0.05, 0.1) is 0 Å². The van der Waals surface area contributed by atoms with Crippen LogP contribution in [0.3, 0.4) is 0 Å². The molecule has 0 saturated carbocycles. The van der Waals surface area contributed by atoms with Gasteiger partial charge in [0.2, 0.25) is 11.4 Å². The molecule has 2 atom stereocenters. The van der Waals surface area contributed by atoms with Crippen LogP contribution in [0.5, 0.6) is 0 Å². The van der Waals surface area contributed by atoms with Crippen molar-refractivity contribution in [1.29, 1.82) is 0 Å². The summed E-state index contributed by atoms with van der Waals surface area (Å²) in [6.45, 7) is 4.32. The number of hydrogen-bond donors (Lipinski definition) is 2. The van der Waals surface area contributed by atoms with Crippen LogP contribution in [0.2, 0.25) is 0 Å². The molecule has 1 aliphatic carbocycles. The summed E-state index contributed by atoms with van der Waals surface area (Å²) in [7, 11) is 0. The molecule has 0 aromatic carbocycles. The Bertz CT molecular complexity index is 623. The van der Waals surface area contributed by atoms with Crippen molar-refractivity contribution in [2.45, 2.75) is 115 Å². The van der Waals surface area contributed by atoms with E-state index in [-0.39, 0.29) is 17.9 Å². The molecule has 0 aliphatic heterocycles. The van der Waals surface area contributed by atoms with E-state index in [0.29, 0.717) is 12.8 Å². The van der Waals surface area contributed by atoms with Crippen molar-refractivity contribution in [3.05, 3.63) is 23.3 Å². The summed E-state index contributed by atoms with van der Waals surface area (Å²) in [5.74, 6) is -0.966. The van der Waals surface area contributed by atoms with Gasteiger partial charge in [-0.15, -0.1) is 0 Å². The van der Waals surface area contributed by atoms with E-state index in [2.05, 4.69) is 13.8 Å². The van der Waals surface area contributed by atoms with Gasteiger partial charge in [0.1, 0.15) is 0 Å². The minimum atomic E-state index is -1.85. The molecule has 7 heteroatoms. The zero-order valence-electron chi connectivity index (χ0n) is 19.3. The lowest BCUT2D eigenvalue weighted by Crippen LogP contribution is -2.68. The van der Waals surface area contributed by atoms with E-state index in [0.717, 1.165) is 32.1 Å². The summed E-state index contributed by atoms with van der Waals surface area (Å²) in [6, 6.07) is 0. The van der Waals surface area contributed by atoms with E-state index >= 15 is 0 Å². The Kier molecular flexibility index (Phi) is 13.1. The van der Waals surface area contributed by atoms with Gasteiger partial charge in [-0.2, -0.15) is 0 Å². The van der Waals surface area contributed by atoms with E-state index in [1.54, 1.807) is 0 Å². The lowest BCUT2D eigenvalue weighted by Gasteiger charge is -2.41. The van der Waals surface area contributed by atoms with Crippen LogP contribution in [0, 0.1) is 0 Å². The van der Waals surface area contributed by atoms with Gasteiger partial charge < -0.3 is 9.47 Å². The highest BCUT2D eigenvalue weighted by Crippen LogP contribution is 2.32. The molecule has 4 N–H and O–H groups in total. The van der Waals surface area contributed by atoms with Crippen LogP contribution in [0.4, 0.5) is 0 Å².